The van der Waals surface area contributed by atoms with Crippen molar-refractivity contribution in [2.75, 3.05) is 12.4 Å². The van der Waals surface area contributed by atoms with E-state index in [1.54, 1.807) is 19.2 Å². The molecule has 0 aliphatic carbocycles. The molecule has 0 spiro atoms. The van der Waals surface area contributed by atoms with Crippen LogP contribution >= 0.6 is 0 Å². The van der Waals surface area contributed by atoms with Gasteiger partial charge in [0.05, 0.1) is 20.7 Å². The number of anilines is 1. The lowest BCUT2D eigenvalue weighted by Gasteiger charge is -2.06. The van der Waals surface area contributed by atoms with E-state index in [2.05, 4.69) is 20.7 Å². The van der Waals surface area contributed by atoms with Crippen LogP contribution < -0.4 is 10.1 Å². The molecule has 1 aromatic heterocycles. The summed E-state index contributed by atoms with van der Waals surface area (Å²) in [4.78, 5) is 1.38. The highest BCUT2D eigenvalue weighted by Crippen LogP contribution is 2.21. The maximum absolute atomic E-state index is 13.1. The lowest BCUT2D eigenvalue weighted by molar-refractivity contribution is 0.387. The number of hydrogen-bond acceptors (Lipinski definition) is 5. The minimum atomic E-state index is -0.393. The van der Waals surface area contributed by atoms with Crippen molar-refractivity contribution in [1.82, 2.24) is 20.2 Å². The van der Waals surface area contributed by atoms with E-state index in [9.17, 15) is 4.39 Å². The van der Waals surface area contributed by atoms with Gasteiger partial charge in [0, 0.05) is 11.8 Å². The normalized spacial score (nSPS) is 10.3. The first-order valence-electron chi connectivity index (χ1n) is 4.99. The van der Waals surface area contributed by atoms with Gasteiger partial charge >= 0.3 is 0 Å². The van der Waals surface area contributed by atoms with Gasteiger partial charge < -0.3 is 10.1 Å². The topological polar surface area (TPSA) is 64.9 Å². The molecule has 1 heterocycles. The predicted molar refractivity (Wildman–Crippen MR) is 59.1 cm³/mol. The van der Waals surface area contributed by atoms with E-state index in [0.717, 1.165) is 5.69 Å². The molecular weight excluding hydrogens is 225 g/mol. The quantitative estimate of drug-likeness (QED) is 0.858. The zero-order chi connectivity index (χ0) is 12.3. The third kappa shape index (κ3) is 2.68. The fourth-order valence-electron chi connectivity index (χ4n) is 1.34. The van der Waals surface area contributed by atoms with Crippen molar-refractivity contribution in [2.45, 2.75) is 6.54 Å². The highest BCUT2D eigenvalue weighted by molar-refractivity contribution is 5.48. The fraction of sp³-hybridized carbons (Fsp3) is 0.300. The molecule has 0 unspecified atom stereocenters. The van der Waals surface area contributed by atoms with Gasteiger partial charge in [-0.1, -0.05) is 0 Å². The number of aryl methyl sites for hydroxylation is 1. The van der Waals surface area contributed by atoms with Crippen LogP contribution in [0.3, 0.4) is 0 Å². The molecule has 0 saturated carbocycles. The van der Waals surface area contributed by atoms with Crippen LogP contribution in [0.5, 0.6) is 5.75 Å². The number of nitrogens with zero attached hydrogens (tertiary/aromatic N) is 4. The summed E-state index contributed by atoms with van der Waals surface area (Å²) in [6.45, 7) is 0.419. The summed E-state index contributed by atoms with van der Waals surface area (Å²) >= 11 is 0. The maximum Gasteiger partial charge on any atom is 0.193 e. The van der Waals surface area contributed by atoms with Gasteiger partial charge in [-0.2, -0.15) is 4.80 Å². The molecule has 1 N–H and O–H groups in total. The van der Waals surface area contributed by atoms with Crippen molar-refractivity contribution in [1.29, 1.82) is 0 Å². The van der Waals surface area contributed by atoms with Crippen LogP contribution in [0.25, 0.3) is 0 Å². The average Bonchev–Trinajstić information content (AvgIpc) is 2.74. The number of halogens is 1. The molecule has 17 heavy (non-hydrogen) atoms. The number of tetrazole rings is 1. The smallest absolute Gasteiger partial charge is 0.193 e. The van der Waals surface area contributed by atoms with Gasteiger partial charge in [0.2, 0.25) is 0 Å². The lowest BCUT2D eigenvalue weighted by atomic mass is 10.3. The second kappa shape index (κ2) is 4.77. The molecule has 0 atom stereocenters. The van der Waals surface area contributed by atoms with Crippen molar-refractivity contribution in [3.8, 4) is 5.75 Å². The van der Waals surface area contributed by atoms with Gasteiger partial charge in [0.15, 0.2) is 17.4 Å². The molecule has 0 bridgehead atoms. The molecule has 1 aromatic carbocycles. The Kier molecular flexibility index (Phi) is 3.17. The second-order valence-corrected chi connectivity index (χ2v) is 3.40. The highest BCUT2D eigenvalue weighted by Gasteiger charge is 2.04. The zero-order valence-corrected chi connectivity index (χ0v) is 9.51. The second-order valence-electron chi connectivity index (χ2n) is 3.40. The summed E-state index contributed by atoms with van der Waals surface area (Å²) in [5.41, 5.74) is 0.732. The summed E-state index contributed by atoms with van der Waals surface area (Å²) in [6.07, 6.45) is 0. The molecule has 90 valence electrons. The fourth-order valence-corrected chi connectivity index (χ4v) is 1.34. The average molecular weight is 237 g/mol. The molecular formula is C10H12FN5O. The molecule has 0 fully saturated rings. The Hall–Kier alpha value is -2.18. The van der Waals surface area contributed by atoms with Crippen LogP contribution in [0.2, 0.25) is 0 Å². The van der Waals surface area contributed by atoms with E-state index < -0.39 is 5.82 Å². The Morgan fingerprint density at radius 2 is 2.29 bits per heavy atom. The largest absolute Gasteiger partial charge is 0.494 e. The van der Waals surface area contributed by atoms with E-state index in [1.807, 2.05) is 0 Å². The number of hydrogen-bond donors (Lipinski definition) is 1. The predicted octanol–water partition coefficient (Wildman–Crippen LogP) is 0.970. The first-order valence-corrected chi connectivity index (χ1v) is 4.99. The molecule has 7 heteroatoms. The van der Waals surface area contributed by atoms with E-state index >= 15 is 0 Å². The van der Waals surface area contributed by atoms with Gasteiger partial charge in [-0.25, -0.2) is 4.39 Å². The van der Waals surface area contributed by atoms with Crippen LogP contribution in [0.1, 0.15) is 5.82 Å². The molecule has 0 aliphatic rings. The minimum Gasteiger partial charge on any atom is -0.494 e. The summed E-state index contributed by atoms with van der Waals surface area (Å²) in [5.74, 6) is 0.369. The number of benzene rings is 1. The third-order valence-corrected chi connectivity index (χ3v) is 2.15. The van der Waals surface area contributed by atoms with Crippen LogP contribution in [-0.4, -0.2) is 27.3 Å². The van der Waals surface area contributed by atoms with Gasteiger partial charge in [0.1, 0.15) is 0 Å². The Bertz CT molecular complexity index is 513. The van der Waals surface area contributed by atoms with Gasteiger partial charge in [0.25, 0.3) is 0 Å². The molecule has 0 amide bonds. The first kappa shape index (κ1) is 11.3. The van der Waals surface area contributed by atoms with E-state index in [0.29, 0.717) is 12.4 Å². The van der Waals surface area contributed by atoms with Crippen LogP contribution in [-0.2, 0) is 13.6 Å². The molecule has 2 rings (SSSR count). The number of rotatable bonds is 4. The monoisotopic (exact) mass is 237 g/mol. The van der Waals surface area contributed by atoms with Crippen molar-refractivity contribution in [3.05, 3.63) is 29.8 Å². The van der Waals surface area contributed by atoms with E-state index in [1.165, 1.54) is 18.0 Å². The molecule has 0 aliphatic heterocycles. The van der Waals surface area contributed by atoms with E-state index in [-0.39, 0.29) is 5.75 Å². The third-order valence-electron chi connectivity index (χ3n) is 2.15. The molecule has 2 aromatic rings. The number of aromatic nitrogens is 4. The Balaban J connectivity index is 2.04. The SMILES string of the molecule is COc1cc(NCc2nnn(C)n2)ccc1F. The lowest BCUT2D eigenvalue weighted by Crippen LogP contribution is -2.02. The van der Waals surface area contributed by atoms with Crippen molar-refractivity contribution < 1.29 is 9.13 Å². The zero-order valence-electron chi connectivity index (χ0n) is 9.51. The Morgan fingerprint density at radius 3 is 2.94 bits per heavy atom. The maximum atomic E-state index is 13.1. The summed E-state index contributed by atoms with van der Waals surface area (Å²) in [7, 11) is 3.11. The van der Waals surface area contributed by atoms with Crippen LogP contribution in [0.4, 0.5) is 10.1 Å². The summed E-state index contributed by atoms with van der Waals surface area (Å²) in [6, 6.07) is 4.53. The first-order chi connectivity index (χ1) is 8.19. The Morgan fingerprint density at radius 1 is 1.47 bits per heavy atom. The van der Waals surface area contributed by atoms with Gasteiger partial charge in [-0.3, -0.25) is 0 Å². The summed E-state index contributed by atoms with van der Waals surface area (Å²) in [5, 5.41) is 14.6. The van der Waals surface area contributed by atoms with Crippen molar-refractivity contribution in [2.24, 2.45) is 7.05 Å². The minimum absolute atomic E-state index is 0.196. The number of ether oxygens (including phenoxy) is 1. The van der Waals surface area contributed by atoms with Gasteiger partial charge in [-0.15, -0.1) is 10.2 Å². The van der Waals surface area contributed by atoms with Crippen LogP contribution in [0, 0.1) is 5.82 Å². The van der Waals surface area contributed by atoms with E-state index in [4.69, 9.17) is 4.74 Å². The van der Waals surface area contributed by atoms with Crippen molar-refractivity contribution in [3.63, 3.8) is 0 Å². The highest BCUT2D eigenvalue weighted by atomic mass is 19.1. The number of nitrogens with one attached hydrogen (secondary N) is 1. The summed E-state index contributed by atoms with van der Waals surface area (Å²) < 4.78 is 18.0. The number of methoxy groups -OCH3 is 1. The molecule has 0 radical (unpaired) electrons. The van der Waals surface area contributed by atoms with Crippen molar-refractivity contribution >= 4 is 5.69 Å². The standard InChI is InChI=1S/C10H12FN5O/c1-16-14-10(13-15-16)6-12-7-3-4-8(11)9(5-7)17-2/h3-5,12H,6H2,1-2H3. The molecule has 0 saturated heterocycles. The Labute approximate surface area is 97.4 Å². The molecule has 6 nitrogen and oxygen atoms in total. The van der Waals surface area contributed by atoms with Gasteiger partial charge in [-0.05, 0) is 17.3 Å². The van der Waals surface area contributed by atoms with Crippen LogP contribution in [0.15, 0.2) is 18.2 Å².